The lowest BCUT2D eigenvalue weighted by molar-refractivity contribution is 0.306. The molecule has 2 heteroatoms. The number of hydrogen-bond donors (Lipinski definition) is 0. The second-order valence-corrected chi connectivity index (χ2v) is 5.59. The quantitative estimate of drug-likeness (QED) is 0.544. The molecule has 0 N–H and O–H groups in total. The molecular formula is C22H21NO. The monoisotopic (exact) mass is 315 g/mol. The molecule has 0 saturated heterocycles. The van der Waals surface area contributed by atoms with Crippen molar-refractivity contribution >= 4 is 11.9 Å². The Morgan fingerprint density at radius 1 is 0.792 bits per heavy atom. The van der Waals surface area contributed by atoms with Gasteiger partial charge in [-0.1, -0.05) is 61.5 Å². The van der Waals surface area contributed by atoms with Crippen molar-refractivity contribution in [3.05, 3.63) is 95.6 Å². The fourth-order valence-corrected chi connectivity index (χ4v) is 2.42. The maximum atomic E-state index is 5.96. The maximum Gasteiger partial charge on any atom is 0.128 e. The number of hydrogen-bond acceptors (Lipinski definition) is 2. The summed E-state index contributed by atoms with van der Waals surface area (Å²) in [6.45, 7) is 2.70. The molecule has 0 saturated carbocycles. The Kier molecular flexibility index (Phi) is 5.41. The van der Waals surface area contributed by atoms with Crippen LogP contribution in [0, 0.1) is 0 Å². The van der Waals surface area contributed by atoms with Crippen molar-refractivity contribution < 1.29 is 4.74 Å². The van der Waals surface area contributed by atoms with E-state index in [9.17, 15) is 0 Å². The smallest absolute Gasteiger partial charge is 0.128 e. The van der Waals surface area contributed by atoms with Gasteiger partial charge in [0.2, 0.25) is 0 Å². The van der Waals surface area contributed by atoms with Crippen LogP contribution in [0.4, 0.5) is 5.69 Å². The fraction of sp³-hybridized carbons (Fsp3) is 0.136. The van der Waals surface area contributed by atoms with Crippen LogP contribution in [0.3, 0.4) is 0 Å². The Balaban J connectivity index is 1.72. The largest absolute Gasteiger partial charge is 0.488 e. The zero-order valence-electron chi connectivity index (χ0n) is 13.9. The Bertz CT molecular complexity index is 792. The number of aliphatic imine (C=N–C) groups is 1. The van der Waals surface area contributed by atoms with Crippen LogP contribution < -0.4 is 4.74 Å². The van der Waals surface area contributed by atoms with Crippen LogP contribution in [0.5, 0.6) is 5.75 Å². The van der Waals surface area contributed by atoms with Gasteiger partial charge in [-0.15, -0.1) is 0 Å². The molecule has 0 aliphatic carbocycles. The van der Waals surface area contributed by atoms with Crippen LogP contribution in [0.1, 0.15) is 23.6 Å². The molecule has 0 fully saturated rings. The summed E-state index contributed by atoms with van der Waals surface area (Å²) in [6, 6.07) is 26.5. The lowest BCUT2D eigenvalue weighted by Gasteiger charge is -2.09. The first-order valence-corrected chi connectivity index (χ1v) is 8.24. The number of para-hydroxylation sites is 1. The molecule has 0 atom stereocenters. The molecule has 0 aliphatic rings. The molecule has 0 unspecified atom stereocenters. The maximum absolute atomic E-state index is 5.96. The first-order chi connectivity index (χ1) is 11.8. The normalized spacial score (nSPS) is 10.9. The van der Waals surface area contributed by atoms with Gasteiger partial charge in [0.05, 0.1) is 5.69 Å². The predicted molar refractivity (Wildman–Crippen MR) is 100 cm³/mol. The second kappa shape index (κ2) is 8.11. The standard InChI is InChI=1S/C22H21NO/c1-2-18-12-14-21(15-13-18)23-16-20-10-6-7-11-22(20)24-17-19-8-4-3-5-9-19/h3-16H,2,17H2,1H3. The van der Waals surface area contributed by atoms with E-state index in [2.05, 4.69) is 36.2 Å². The van der Waals surface area contributed by atoms with Crippen LogP contribution in [-0.4, -0.2) is 6.21 Å². The van der Waals surface area contributed by atoms with Crippen LogP contribution >= 0.6 is 0 Å². The zero-order chi connectivity index (χ0) is 16.6. The molecule has 0 aromatic heterocycles. The van der Waals surface area contributed by atoms with Crippen LogP contribution in [0.25, 0.3) is 0 Å². The minimum atomic E-state index is 0.552. The average Bonchev–Trinajstić information content (AvgIpc) is 2.66. The van der Waals surface area contributed by atoms with Gasteiger partial charge in [-0.3, -0.25) is 4.99 Å². The molecule has 0 bridgehead atoms. The van der Waals surface area contributed by atoms with E-state index in [1.165, 1.54) is 5.56 Å². The highest BCUT2D eigenvalue weighted by Crippen LogP contribution is 2.19. The van der Waals surface area contributed by atoms with Gasteiger partial charge in [0.25, 0.3) is 0 Å². The van der Waals surface area contributed by atoms with E-state index >= 15 is 0 Å². The predicted octanol–water partition coefficient (Wildman–Crippen LogP) is 5.58. The second-order valence-electron chi connectivity index (χ2n) is 5.59. The summed E-state index contributed by atoms with van der Waals surface area (Å²) in [5.74, 6) is 0.843. The van der Waals surface area contributed by atoms with Gasteiger partial charge < -0.3 is 4.74 Å². The summed E-state index contributed by atoms with van der Waals surface area (Å²) in [7, 11) is 0. The summed E-state index contributed by atoms with van der Waals surface area (Å²) in [4.78, 5) is 4.56. The molecule has 2 nitrogen and oxygen atoms in total. The first-order valence-electron chi connectivity index (χ1n) is 8.24. The third-order valence-electron chi connectivity index (χ3n) is 3.85. The van der Waals surface area contributed by atoms with Crippen molar-refractivity contribution in [1.82, 2.24) is 0 Å². The number of ether oxygens (including phenoxy) is 1. The minimum absolute atomic E-state index is 0.552. The molecule has 0 radical (unpaired) electrons. The number of benzene rings is 3. The fourth-order valence-electron chi connectivity index (χ4n) is 2.42. The zero-order valence-corrected chi connectivity index (χ0v) is 13.9. The molecule has 0 spiro atoms. The summed E-state index contributed by atoms with van der Waals surface area (Å²) >= 11 is 0. The van der Waals surface area contributed by atoms with E-state index in [4.69, 9.17) is 4.74 Å². The summed E-state index contributed by atoms with van der Waals surface area (Å²) in [5, 5.41) is 0. The lowest BCUT2D eigenvalue weighted by Crippen LogP contribution is -1.97. The molecule has 3 aromatic rings. The molecule has 0 amide bonds. The van der Waals surface area contributed by atoms with Gasteiger partial charge in [0.1, 0.15) is 12.4 Å². The van der Waals surface area contributed by atoms with Crippen LogP contribution in [0.15, 0.2) is 83.9 Å². The van der Waals surface area contributed by atoms with Crippen LogP contribution in [-0.2, 0) is 13.0 Å². The number of rotatable bonds is 6. The highest BCUT2D eigenvalue weighted by Gasteiger charge is 2.01. The summed E-state index contributed by atoms with van der Waals surface area (Å²) in [6.07, 6.45) is 2.90. The van der Waals surface area contributed by atoms with Gasteiger partial charge in [0.15, 0.2) is 0 Å². The molecule has 24 heavy (non-hydrogen) atoms. The molecule has 0 heterocycles. The highest BCUT2D eigenvalue weighted by molar-refractivity contribution is 5.85. The van der Waals surface area contributed by atoms with E-state index in [0.29, 0.717) is 6.61 Å². The van der Waals surface area contributed by atoms with E-state index in [1.807, 2.05) is 60.8 Å². The highest BCUT2D eigenvalue weighted by atomic mass is 16.5. The summed E-state index contributed by atoms with van der Waals surface area (Å²) in [5.41, 5.74) is 4.40. The topological polar surface area (TPSA) is 21.6 Å². The Labute approximate surface area is 143 Å². The van der Waals surface area contributed by atoms with Crippen molar-refractivity contribution in [2.45, 2.75) is 20.0 Å². The number of aryl methyl sites for hydroxylation is 1. The van der Waals surface area contributed by atoms with Gasteiger partial charge >= 0.3 is 0 Å². The first kappa shape index (κ1) is 16.0. The third-order valence-corrected chi connectivity index (χ3v) is 3.85. The van der Waals surface area contributed by atoms with Crippen molar-refractivity contribution in [1.29, 1.82) is 0 Å². The molecule has 0 aliphatic heterocycles. The molecule has 120 valence electrons. The van der Waals surface area contributed by atoms with Gasteiger partial charge in [-0.2, -0.15) is 0 Å². The van der Waals surface area contributed by atoms with Crippen molar-refractivity contribution in [3.8, 4) is 5.75 Å². The lowest BCUT2D eigenvalue weighted by atomic mass is 10.1. The van der Waals surface area contributed by atoms with E-state index in [-0.39, 0.29) is 0 Å². The van der Waals surface area contributed by atoms with E-state index in [0.717, 1.165) is 29.0 Å². The van der Waals surface area contributed by atoms with Crippen molar-refractivity contribution in [2.75, 3.05) is 0 Å². The van der Waals surface area contributed by atoms with Crippen molar-refractivity contribution in [3.63, 3.8) is 0 Å². The van der Waals surface area contributed by atoms with Crippen LogP contribution in [0.2, 0.25) is 0 Å². The third kappa shape index (κ3) is 4.32. The Morgan fingerprint density at radius 3 is 2.25 bits per heavy atom. The SMILES string of the molecule is CCc1ccc(N=Cc2ccccc2OCc2ccccc2)cc1. The average molecular weight is 315 g/mol. The van der Waals surface area contributed by atoms with E-state index < -0.39 is 0 Å². The minimum Gasteiger partial charge on any atom is -0.488 e. The Morgan fingerprint density at radius 2 is 1.50 bits per heavy atom. The summed E-state index contributed by atoms with van der Waals surface area (Å²) < 4.78 is 5.96. The van der Waals surface area contributed by atoms with Gasteiger partial charge in [-0.25, -0.2) is 0 Å². The van der Waals surface area contributed by atoms with E-state index in [1.54, 1.807) is 0 Å². The number of nitrogens with zero attached hydrogens (tertiary/aromatic N) is 1. The van der Waals surface area contributed by atoms with Crippen molar-refractivity contribution in [2.24, 2.45) is 4.99 Å². The van der Waals surface area contributed by atoms with Gasteiger partial charge in [0, 0.05) is 11.8 Å². The molecular weight excluding hydrogens is 294 g/mol. The molecule has 3 rings (SSSR count). The molecule has 3 aromatic carbocycles. The van der Waals surface area contributed by atoms with Gasteiger partial charge in [-0.05, 0) is 41.8 Å². The Hall–Kier alpha value is -2.87.